The minimum absolute atomic E-state index is 0.105. The maximum Gasteiger partial charge on any atom is 0.272 e. The van der Waals surface area contributed by atoms with Gasteiger partial charge in [0.15, 0.2) is 0 Å². The smallest absolute Gasteiger partial charge is 0.272 e. The number of carbonyl (C=O) groups is 2. The SMILES string of the molecule is CCN1CCN(C(=O)c2cc(C(=O)NC(C)(C)C)ccn2)CC1. The molecule has 6 nitrogen and oxygen atoms in total. The molecule has 0 unspecified atom stereocenters. The van der Waals surface area contributed by atoms with Crippen molar-refractivity contribution in [3.8, 4) is 0 Å². The summed E-state index contributed by atoms with van der Waals surface area (Å²) >= 11 is 0. The Labute approximate surface area is 137 Å². The molecule has 2 heterocycles. The Balaban J connectivity index is 2.07. The number of likely N-dealkylation sites (N-methyl/N-ethyl adjacent to an activating group) is 1. The van der Waals surface area contributed by atoms with E-state index < -0.39 is 0 Å². The van der Waals surface area contributed by atoms with Gasteiger partial charge in [0.2, 0.25) is 0 Å². The zero-order valence-corrected chi connectivity index (χ0v) is 14.4. The number of carbonyl (C=O) groups excluding carboxylic acids is 2. The molecule has 2 amide bonds. The highest BCUT2D eigenvalue weighted by Gasteiger charge is 2.23. The second kappa shape index (κ2) is 7.08. The molecule has 1 saturated heterocycles. The van der Waals surface area contributed by atoms with Gasteiger partial charge in [0.25, 0.3) is 11.8 Å². The average Bonchev–Trinajstić information content (AvgIpc) is 2.53. The second-order valence-corrected chi connectivity index (χ2v) is 6.86. The summed E-state index contributed by atoms with van der Waals surface area (Å²) in [7, 11) is 0. The number of piperazine rings is 1. The molecule has 1 aliphatic rings. The number of pyridine rings is 1. The lowest BCUT2D eigenvalue weighted by Gasteiger charge is -2.33. The Bertz CT molecular complexity index is 572. The molecule has 2 rings (SSSR count). The zero-order chi connectivity index (χ0) is 17.0. The van der Waals surface area contributed by atoms with Crippen LogP contribution in [0.2, 0.25) is 0 Å². The van der Waals surface area contributed by atoms with Gasteiger partial charge in [-0.2, -0.15) is 0 Å². The van der Waals surface area contributed by atoms with Crippen LogP contribution in [0.5, 0.6) is 0 Å². The predicted molar refractivity (Wildman–Crippen MR) is 89.5 cm³/mol. The van der Waals surface area contributed by atoms with Gasteiger partial charge in [-0.3, -0.25) is 14.6 Å². The molecule has 126 valence electrons. The van der Waals surface area contributed by atoms with Gasteiger partial charge >= 0.3 is 0 Å². The Kier molecular flexibility index (Phi) is 5.36. The van der Waals surface area contributed by atoms with Crippen LogP contribution in [-0.4, -0.2) is 64.9 Å². The summed E-state index contributed by atoms with van der Waals surface area (Å²) in [6, 6.07) is 3.21. The van der Waals surface area contributed by atoms with Crippen molar-refractivity contribution in [2.75, 3.05) is 32.7 Å². The van der Waals surface area contributed by atoms with Crippen LogP contribution in [0.4, 0.5) is 0 Å². The highest BCUT2D eigenvalue weighted by molar-refractivity contribution is 5.98. The first kappa shape index (κ1) is 17.4. The van der Waals surface area contributed by atoms with Crippen LogP contribution in [0.25, 0.3) is 0 Å². The van der Waals surface area contributed by atoms with Crippen LogP contribution < -0.4 is 5.32 Å². The predicted octanol–water partition coefficient (Wildman–Crippen LogP) is 1.39. The van der Waals surface area contributed by atoms with E-state index in [1.807, 2.05) is 20.8 Å². The zero-order valence-electron chi connectivity index (χ0n) is 14.4. The van der Waals surface area contributed by atoms with Crippen molar-refractivity contribution in [3.05, 3.63) is 29.6 Å². The van der Waals surface area contributed by atoms with Crippen LogP contribution in [0.3, 0.4) is 0 Å². The highest BCUT2D eigenvalue weighted by atomic mass is 16.2. The van der Waals surface area contributed by atoms with Crippen LogP contribution in [0, 0.1) is 0 Å². The van der Waals surface area contributed by atoms with Crippen molar-refractivity contribution < 1.29 is 9.59 Å². The third-order valence-electron chi connectivity index (χ3n) is 3.84. The van der Waals surface area contributed by atoms with E-state index in [9.17, 15) is 9.59 Å². The molecule has 0 spiro atoms. The first-order valence-corrected chi connectivity index (χ1v) is 8.10. The van der Waals surface area contributed by atoms with E-state index in [1.54, 1.807) is 17.0 Å². The van der Waals surface area contributed by atoms with Crippen molar-refractivity contribution in [2.24, 2.45) is 0 Å². The first-order chi connectivity index (χ1) is 10.8. The lowest BCUT2D eigenvalue weighted by molar-refractivity contribution is 0.0637. The molecular weight excluding hydrogens is 292 g/mol. The van der Waals surface area contributed by atoms with Crippen molar-refractivity contribution in [1.29, 1.82) is 0 Å². The van der Waals surface area contributed by atoms with Crippen LogP contribution >= 0.6 is 0 Å². The van der Waals surface area contributed by atoms with Gasteiger partial charge in [0.1, 0.15) is 5.69 Å². The fraction of sp³-hybridized carbons (Fsp3) is 0.588. The summed E-state index contributed by atoms with van der Waals surface area (Å²) in [4.78, 5) is 33.1. The fourth-order valence-corrected chi connectivity index (χ4v) is 2.53. The van der Waals surface area contributed by atoms with E-state index >= 15 is 0 Å². The average molecular weight is 318 g/mol. The standard InChI is InChI=1S/C17H26N4O2/c1-5-20-8-10-21(11-9-20)16(23)14-12-13(6-7-18-14)15(22)19-17(2,3)4/h6-7,12H,5,8-11H2,1-4H3,(H,19,22). The van der Waals surface area contributed by atoms with Crippen molar-refractivity contribution >= 4 is 11.8 Å². The number of amides is 2. The molecule has 1 fully saturated rings. The number of hydrogen-bond acceptors (Lipinski definition) is 4. The molecule has 1 aromatic heterocycles. The van der Waals surface area contributed by atoms with Crippen molar-refractivity contribution in [3.63, 3.8) is 0 Å². The summed E-state index contributed by atoms with van der Waals surface area (Å²) in [5.74, 6) is -0.295. The molecule has 1 N–H and O–H groups in total. The lowest BCUT2D eigenvalue weighted by atomic mass is 10.1. The highest BCUT2D eigenvalue weighted by Crippen LogP contribution is 2.10. The minimum atomic E-state index is -0.318. The van der Waals surface area contributed by atoms with E-state index in [-0.39, 0.29) is 17.4 Å². The Morgan fingerprint density at radius 3 is 2.43 bits per heavy atom. The molecule has 1 aliphatic heterocycles. The van der Waals surface area contributed by atoms with Crippen LogP contribution in [-0.2, 0) is 0 Å². The largest absolute Gasteiger partial charge is 0.347 e. The maximum absolute atomic E-state index is 12.6. The molecule has 0 bridgehead atoms. The van der Waals surface area contributed by atoms with Crippen molar-refractivity contribution in [2.45, 2.75) is 33.2 Å². The van der Waals surface area contributed by atoms with E-state index in [4.69, 9.17) is 0 Å². The summed E-state index contributed by atoms with van der Waals surface area (Å²) in [5, 5.41) is 2.90. The second-order valence-electron chi connectivity index (χ2n) is 6.86. The third kappa shape index (κ3) is 4.76. The van der Waals surface area contributed by atoms with Gasteiger partial charge in [-0.1, -0.05) is 6.92 Å². The van der Waals surface area contributed by atoms with E-state index in [2.05, 4.69) is 22.1 Å². The van der Waals surface area contributed by atoms with Crippen LogP contribution in [0.1, 0.15) is 48.5 Å². The van der Waals surface area contributed by atoms with Gasteiger partial charge in [-0.25, -0.2) is 0 Å². The molecule has 23 heavy (non-hydrogen) atoms. The third-order valence-corrected chi connectivity index (χ3v) is 3.84. The summed E-state index contributed by atoms with van der Waals surface area (Å²) < 4.78 is 0. The number of rotatable bonds is 3. The number of nitrogens with one attached hydrogen (secondary N) is 1. The molecular formula is C17H26N4O2. The minimum Gasteiger partial charge on any atom is -0.347 e. The first-order valence-electron chi connectivity index (χ1n) is 8.10. The Morgan fingerprint density at radius 2 is 1.87 bits per heavy atom. The molecule has 0 atom stereocenters. The van der Waals surface area contributed by atoms with E-state index in [0.717, 1.165) is 19.6 Å². The van der Waals surface area contributed by atoms with Gasteiger partial charge in [-0.05, 0) is 39.4 Å². The quantitative estimate of drug-likeness (QED) is 0.914. The van der Waals surface area contributed by atoms with E-state index in [1.165, 1.54) is 6.20 Å². The summed E-state index contributed by atoms with van der Waals surface area (Å²) in [5.41, 5.74) is 0.475. The van der Waals surface area contributed by atoms with Gasteiger partial charge in [0.05, 0.1) is 0 Å². The Morgan fingerprint density at radius 1 is 1.22 bits per heavy atom. The molecule has 0 aromatic carbocycles. The molecule has 0 aliphatic carbocycles. The van der Waals surface area contributed by atoms with Gasteiger partial charge in [-0.15, -0.1) is 0 Å². The molecule has 0 saturated carbocycles. The molecule has 6 heteroatoms. The lowest BCUT2D eigenvalue weighted by Crippen LogP contribution is -2.48. The topological polar surface area (TPSA) is 65.5 Å². The summed E-state index contributed by atoms with van der Waals surface area (Å²) in [6.45, 7) is 12.1. The van der Waals surface area contributed by atoms with Gasteiger partial charge < -0.3 is 15.1 Å². The number of nitrogens with zero attached hydrogens (tertiary/aromatic N) is 3. The van der Waals surface area contributed by atoms with E-state index in [0.29, 0.717) is 24.3 Å². The maximum atomic E-state index is 12.6. The number of hydrogen-bond donors (Lipinski definition) is 1. The van der Waals surface area contributed by atoms with Crippen molar-refractivity contribution in [1.82, 2.24) is 20.1 Å². The van der Waals surface area contributed by atoms with Crippen LogP contribution in [0.15, 0.2) is 18.3 Å². The monoisotopic (exact) mass is 318 g/mol. The normalized spacial score (nSPS) is 16.3. The van der Waals surface area contributed by atoms with Gasteiger partial charge in [0, 0.05) is 43.5 Å². The summed E-state index contributed by atoms with van der Waals surface area (Å²) in [6.07, 6.45) is 1.52. The number of aromatic nitrogens is 1. The fourth-order valence-electron chi connectivity index (χ4n) is 2.53. The molecule has 1 aromatic rings. The Hall–Kier alpha value is -1.95. The molecule has 0 radical (unpaired) electrons.